The largest absolute Gasteiger partial charge is 0.462 e. The van der Waals surface area contributed by atoms with E-state index in [9.17, 15) is 4.79 Å². The molecule has 0 N–H and O–H groups in total. The van der Waals surface area contributed by atoms with Crippen LogP contribution in [0, 0.1) is 17.3 Å². The van der Waals surface area contributed by atoms with Gasteiger partial charge in [-0.1, -0.05) is 13.8 Å². The maximum Gasteiger partial charge on any atom is 0.312 e. The number of carbonyl (C=O) groups excluding carboxylic acids is 1. The molecule has 2 heterocycles. The summed E-state index contributed by atoms with van der Waals surface area (Å²) in [5, 5.41) is 0. The molecule has 3 atom stereocenters. The van der Waals surface area contributed by atoms with E-state index in [4.69, 9.17) is 9.47 Å². The van der Waals surface area contributed by atoms with Gasteiger partial charge in [-0.3, -0.25) is 4.79 Å². The van der Waals surface area contributed by atoms with E-state index in [-0.39, 0.29) is 22.9 Å². The molecule has 3 rings (SSSR count). The molecule has 1 spiro atoms. The van der Waals surface area contributed by atoms with Gasteiger partial charge in [0.15, 0.2) is 0 Å². The summed E-state index contributed by atoms with van der Waals surface area (Å²) in [6.45, 7) is 5.59. The number of hydrogen-bond acceptors (Lipinski definition) is 3. The van der Waals surface area contributed by atoms with Crippen LogP contribution in [0.5, 0.6) is 0 Å². The Morgan fingerprint density at radius 1 is 1.46 bits per heavy atom. The first kappa shape index (κ1) is 7.80. The lowest BCUT2D eigenvalue weighted by Crippen LogP contribution is -2.65. The topological polar surface area (TPSA) is 35.5 Å². The lowest BCUT2D eigenvalue weighted by molar-refractivity contribution is -0.194. The predicted molar refractivity (Wildman–Crippen MR) is 45.0 cm³/mol. The second-order valence-corrected chi connectivity index (χ2v) is 5.01. The highest BCUT2D eigenvalue weighted by atomic mass is 16.6. The van der Waals surface area contributed by atoms with Crippen molar-refractivity contribution in [3.8, 4) is 0 Å². The van der Waals surface area contributed by atoms with Crippen LogP contribution in [-0.4, -0.2) is 24.8 Å². The Hall–Kier alpha value is -0.570. The summed E-state index contributed by atoms with van der Waals surface area (Å²) in [5.41, 5.74) is -0.134. The Morgan fingerprint density at radius 2 is 2.23 bits per heavy atom. The minimum absolute atomic E-state index is 0.00694. The molecule has 3 heteroatoms. The minimum Gasteiger partial charge on any atom is -0.462 e. The molecule has 0 radical (unpaired) electrons. The number of rotatable bonds is 0. The fourth-order valence-electron chi connectivity index (χ4n) is 3.73. The highest BCUT2D eigenvalue weighted by Crippen LogP contribution is 2.66. The van der Waals surface area contributed by atoms with Crippen molar-refractivity contribution < 1.29 is 14.3 Å². The van der Waals surface area contributed by atoms with Crippen LogP contribution >= 0.6 is 0 Å². The number of carbonyl (C=O) groups is 1. The number of hydrogen-bond donors (Lipinski definition) is 0. The molecule has 3 nitrogen and oxygen atoms in total. The average molecular weight is 182 g/mol. The van der Waals surface area contributed by atoms with Crippen LogP contribution in [0.25, 0.3) is 0 Å². The van der Waals surface area contributed by atoms with Gasteiger partial charge in [-0.15, -0.1) is 0 Å². The zero-order chi connectivity index (χ0) is 9.27. The fraction of sp³-hybridized carbons (Fsp3) is 0.900. The molecule has 2 aliphatic heterocycles. The van der Waals surface area contributed by atoms with Crippen LogP contribution < -0.4 is 0 Å². The van der Waals surface area contributed by atoms with E-state index in [1.807, 2.05) is 0 Å². The van der Waals surface area contributed by atoms with Gasteiger partial charge in [0.25, 0.3) is 0 Å². The summed E-state index contributed by atoms with van der Waals surface area (Å²) in [7, 11) is 0. The summed E-state index contributed by atoms with van der Waals surface area (Å²) in [4.78, 5) is 11.5. The average Bonchev–Trinajstić information content (AvgIpc) is 2.55. The Morgan fingerprint density at radius 3 is 3.00 bits per heavy atom. The quantitative estimate of drug-likeness (QED) is 0.524. The zero-order valence-electron chi connectivity index (χ0n) is 8.00. The number of cyclic esters (lactones) is 1. The molecule has 1 saturated carbocycles. The highest BCUT2D eigenvalue weighted by Gasteiger charge is 2.75. The molecule has 13 heavy (non-hydrogen) atoms. The SMILES string of the molecule is CC1(C)[C@H]2CCO[C@]23COC(=O)[C@H]13. The lowest BCUT2D eigenvalue weighted by Gasteiger charge is -2.56. The van der Waals surface area contributed by atoms with Gasteiger partial charge < -0.3 is 9.47 Å². The maximum absolute atomic E-state index is 11.5. The summed E-state index contributed by atoms with van der Waals surface area (Å²) in [5.74, 6) is 0.465. The zero-order valence-corrected chi connectivity index (χ0v) is 8.00. The van der Waals surface area contributed by atoms with Crippen molar-refractivity contribution in [3.63, 3.8) is 0 Å². The van der Waals surface area contributed by atoms with Gasteiger partial charge in [0.2, 0.25) is 0 Å². The summed E-state index contributed by atoms with van der Waals surface area (Å²) in [6, 6.07) is 0. The molecular formula is C10H14O3. The smallest absolute Gasteiger partial charge is 0.312 e. The monoisotopic (exact) mass is 182 g/mol. The molecule has 3 fully saturated rings. The van der Waals surface area contributed by atoms with Crippen molar-refractivity contribution in [3.05, 3.63) is 0 Å². The van der Waals surface area contributed by atoms with Crippen LogP contribution in [-0.2, 0) is 14.3 Å². The molecule has 0 aromatic carbocycles. The van der Waals surface area contributed by atoms with E-state index in [1.54, 1.807) is 0 Å². The van der Waals surface area contributed by atoms with E-state index in [1.165, 1.54) is 0 Å². The van der Waals surface area contributed by atoms with Crippen molar-refractivity contribution in [2.75, 3.05) is 13.2 Å². The molecule has 0 unspecified atom stereocenters. The van der Waals surface area contributed by atoms with Gasteiger partial charge in [-0.05, 0) is 11.8 Å². The third-order valence-corrected chi connectivity index (χ3v) is 4.17. The molecule has 72 valence electrons. The van der Waals surface area contributed by atoms with Crippen molar-refractivity contribution in [2.45, 2.75) is 25.9 Å². The van der Waals surface area contributed by atoms with Crippen LogP contribution in [0.3, 0.4) is 0 Å². The third-order valence-electron chi connectivity index (χ3n) is 4.17. The van der Waals surface area contributed by atoms with E-state index in [2.05, 4.69) is 13.8 Å². The molecule has 1 aliphatic carbocycles. The normalized spacial score (nSPS) is 50.8. The highest BCUT2D eigenvalue weighted by molar-refractivity contribution is 5.80. The second kappa shape index (κ2) is 1.92. The second-order valence-electron chi connectivity index (χ2n) is 5.01. The molecule has 0 amide bonds. The summed E-state index contributed by atoms with van der Waals surface area (Å²) >= 11 is 0. The minimum atomic E-state index is -0.222. The number of ether oxygens (including phenoxy) is 2. The molecular weight excluding hydrogens is 168 g/mol. The van der Waals surface area contributed by atoms with Crippen molar-refractivity contribution in [1.82, 2.24) is 0 Å². The predicted octanol–water partition coefficient (Wildman–Crippen LogP) is 0.974. The maximum atomic E-state index is 11.5. The standard InChI is InChI=1S/C10H14O3/c1-9(2)6-3-4-13-10(6)5-12-8(11)7(9)10/h6-7H,3-5H2,1-2H3/t6-,7-,10-/m1/s1. The van der Waals surface area contributed by atoms with Gasteiger partial charge in [0, 0.05) is 12.5 Å². The molecule has 0 aromatic heterocycles. The third kappa shape index (κ3) is 0.622. The first-order chi connectivity index (χ1) is 6.09. The Labute approximate surface area is 77.4 Å². The van der Waals surface area contributed by atoms with Gasteiger partial charge in [-0.2, -0.15) is 0 Å². The Balaban J connectivity index is 2.05. The van der Waals surface area contributed by atoms with Crippen LogP contribution in [0.1, 0.15) is 20.3 Å². The van der Waals surface area contributed by atoms with E-state index < -0.39 is 0 Å². The van der Waals surface area contributed by atoms with E-state index in [0.717, 1.165) is 13.0 Å². The Bertz CT molecular complexity index is 284. The molecule has 0 aromatic rings. The van der Waals surface area contributed by atoms with E-state index in [0.29, 0.717) is 12.5 Å². The molecule has 3 aliphatic rings. The van der Waals surface area contributed by atoms with Gasteiger partial charge in [-0.25, -0.2) is 0 Å². The van der Waals surface area contributed by atoms with Gasteiger partial charge in [0.1, 0.15) is 12.2 Å². The van der Waals surface area contributed by atoms with Crippen molar-refractivity contribution in [1.29, 1.82) is 0 Å². The van der Waals surface area contributed by atoms with Gasteiger partial charge >= 0.3 is 5.97 Å². The van der Waals surface area contributed by atoms with Crippen LogP contribution in [0.15, 0.2) is 0 Å². The molecule has 2 saturated heterocycles. The fourth-order valence-corrected chi connectivity index (χ4v) is 3.73. The molecule has 0 bridgehead atoms. The first-order valence-electron chi connectivity index (χ1n) is 4.89. The summed E-state index contributed by atoms with van der Waals surface area (Å²) < 4.78 is 10.8. The van der Waals surface area contributed by atoms with Crippen molar-refractivity contribution >= 4 is 5.97 Å². The lowest BCUT2D eigenvalue weighted by atomic mass is 9.47. The van der Waals surface area contributed by atoms with Crippen molar-refractivity contribution in [2.24, 2.45) is 17.3 Å². The number of esters is 1. The van der Waals surface area contributed by atoms with Gasteiger partial charge in [0.05, 0.1) is 5.92 Å². The first-order valence-corrected chi connectivity index (χ1v) is 4.89. The van der Waals surface area contributed by atoms with Crippen LogP contribution in [0.4, 0.5) is 0 Å². The van der Waals surface area contributed by atoms with E-state index >= 15 is 0 Å². The Kier molecular flexibility index (Phi) is 1.15. The van der Waals surface area contributed by atoms with Crippen LogP contribution in [0.2, 0.25) is 0 Å². The summed E-state index contributed by atoms with van der Waals surface area (Å²) in [6.07, 6.45) is 1.08.